The highest BCUT2D eigenvalue weighted by molar-refractivity contribution is 5.82. The molecule has 3 N–H and O–H groups in total. The van der Waals surface area contributed by atoms with Gasteiger partial charge in [-0.05, 0) is 47.5 Å². The number of nitrogens with one attached hydrogen (secondary N) is 2. The zero-order valence-electron chi connectivity index (χ0n) is 19.3. The van der Waals surface area contributed by atoms with Crippen LogP contribution in [-0.4, -0.2) is 59.1 Å². The summed E-state index contributed by atoms with van der Waals surface area (Å²) in [5.74, 6) is -3.08. The Balaban J connectivity index is 4.96. The number of ether oxygens (including phenoxy) is 3. The number of amides is 2. The number of rotatable bonds is 8. The lowest BCUT2D eigenvalue weighted by molar-refractivity contribution is -0.151. The number of aliphatic carboxylic acids is 1. The summed E-state index contributed by atoms with van der Waals surface area (Å²) in [6.45, 7) is 14.7. The molecule has 0 aliphatic heterocycles. The first-order chi connectivity index (χ1) is 13.4. The summed E-state index contributed by atoms with van der Waals surface area (Å²) in [6.07, 6.45) is -1.65. The molecule has 0 radical (unpaired) electrons. The van der Waals surface area contributed by atoms with Crippen molar-refractivity contribution < 1.29 is 38.5 Å². The Hall–Kier alpha value is -2.52. The Labute approximate surface area is 178 Å². The third kappa shape index (κ3) is 11.5. The fraction of sp³-hybridized carbons (Fsp3) is 0.800. The average molecular weight is 433 g/mol. The van der Waals surface area contributed by atoms with Gasteiger partial charge < -0.3 is 30.0 Å². The summed E-state index contributed by atoms with van der Waals surface area (Å²) in [5, 5.41) is 14.1. The Bertz CT molecular complexity index is 619. The molecule has 0 aliphatic carbocycles. The molecule has 0 spiro atoms. The van der Waals surface area contributed by atoms with Gasteiger partial charge in [-0.1, -0.05) is 20.8 Å². The predicted octanol–water partition coefficient (Wildman–Crippen LogP) is 2.69. The van der Waals surface area contributed by atoms with Crippen molar-refractivity contribution in [2.75, 3.05) is 6.61 Å². The quantitative estimate of drug-likeness (QED) is 0.393. The molecule has 0 aromatic rings. The van der Waals surface area contributed by atoms with E-state index in [1.54, 1.807) is 55.4 Å². The molecule has 10 heteroatoms. The van der Waals surface area contributed by atoms with E-state index < -0.39 is 53.3 Å². The van der Waals surface area contributed by atoms with Crippen LogP contribution in [0.25, 0.3) is 0 Å². The molecule has 0 rings (SSSR count). The lowest BCUT2D eigenvalue weighted by atomic mass is 10.0. The standard InChI is InChI=1S/C20H36N2O8/c1-11(2)13(21-17(26)29-19(4,5)6)16(25)28-10-12(3)14(15(23)24)22-18(27)30-20(7,8)9/h11-14H,10H2,1-9H3,(H,21,26)(H,22,27)(H,23,24)/t12?,13-,14?/m0/s1. The maximum atomic E-state index is 12.4. The molecule has 0 saturated carbocycles. The molecular formula is C20H36N2O8. The first-order valence-corrected chi connectivity index (χ1v) is 9.81. The van der Waals surface area contributed by atoms with E-state index in [4.69, 9.17) is 14.2 Å². The minimum atomic E-state index is -1.33. The zero-order valence-corrected chi connectivity index (χ0v) is 19.3. The fourth-order valence-corrected chi connectivity index (χ4v) is 2.21. The highest BCUT2D eigenvalue weighted by Crippen LogP contribution is 2.12. The highest BCUT2D eigenvalue weighted by atomic mass is 16.6. The normalized spacial score (nSPS) is 14.9. The van der Waals surface area contributed by atoms with Crippen molar-refractivity contribution in [1.29, 1.82) is 0 Å². The number of carbonyl (C=O) groups is 4. The number of carboxylic acids is 1. The summed E-state index contributed by atoms with van der Waals surface area (Å²) < 4.78 is 15.4. The second-order valence-electron chi connectivity index (χ2n) is 9.44. The maximum absolute atomic E-state index is 12.4. The van der Waals surface area contributed by atoms with E-state index in [-0.39, 0.29) is 12.5 Å². The Morgan fingerprint density at radius 3 is 1.53 bits per heavy atom. The van der Waals surface area contributed by atoms with Crippen LogP contribution in [-0.2, 0) is 23.8 Å². The molecule has 174 valence electrons. The minimum Gasteiger partial charge on any atom is -0.480 e. The molecule has 0 bridgehead atoms. The molecule has 0 heterocycles. The Kier molecular flexibility index (Phi) is 10.1. The van der Waals surface area contributed by atoms with Gasteiger partial charge in [-0.25, -0.2) is 19.2 Å². The molecule has 2 amide bonds. The van der Waals surface area contributed by atoms with Crippen LogP contribution in [0.2, 0.25) is 0 Å². The van der Waals surface area contributed by atoms with Crippen molar-refractivity contribution in [3.63, 3.8) is 0 Å². The largest absolute Gasteiger partial charge is 0.480 e. The van der Waals surface area contributed by atoms with E-state index in [0.29, 0.717) is 0 Å². The van der Waals surface area contributed by atoms with E-state index in [9.17, 15) is 24.3 Å². The van der Waals surface area contributed by atoms with Crippen LogP contribution in [0.1, 0.15) is 62.3 Å². The van der Waals surface area contributed by atoms with E-state index >= 15 is 0 Å². The number of hydrogen-bond acceptors (Lipinski definition) is 7. The van der Waals surface area contributed by atoms with Crippen LogP contribution < -0.4 is 10.6 Å². The third-order valence-electron chi connectivity index (χ3n) is 3.59. The number of alkyl carbamates (subject to hydrolysis) is 2. The van der Waals surface area contributed by atoms with Crippen molar-refractivity contribution in [3.05, 3.63) is 0 Å². The van der Waals surface area contributed by atoms with Crippen molar-refractivity contribution in [2.45, 2.75) is 85.6 Å². The Morgan fingerprint density at radius 1 is 0.800 bits per heavy atom. The lowest BCUT2D eigenvalue weighted by Crippen LogP contribution is -2.50. The van der Waals surface area contributed by atoms with Crippen LogP contribution in [0.15, 0.2) is 0 Å². The minimum absolute atomic E-state index is 0.287. The monoisotopic (exact) mass is 432 g/mol. The molecule has 30 heavy (non-hydrogen) atoms. The number of carbonyl (C=O) groups excluding carboxylic acids is 3. The summed E-state index contributed by atoms with van der Waals surface area (Å²) in [7, 11) is 0. The average Bonchev–Trinajstić information content (AvgIpc) is 2.51. The van der Waals surface area contributed by atoms with Gasteiger partial charge in [-0.15, -0.1) is 0 Å². The predicted molar refractivity (Wildman–Crippen MR) is 109 cm³/mol. The number of hydrogen-bond donors (Lipinski definition) is 3. The summed E-state index contributed by atoms with van der Waals surface area (Å²) in [4.78, 5) is 47.8. The first-order valence-electron chi connectivity index (χ1n) is 9.81. The van der Waals surface area contributed by atoms with E-state index in [1.807, 2.05) is 0 Å². The molecule has 0 fully saturated rings. The van der Waals surface area contributed by atoms with Crippen molar-refractivity contribution in [2.24, 2.45) is 11.8 Å². The molecule has 3 atom stereocenters. The molecule has 0 aromatic heterocycles. The van der Waals surface area contributed by atoms with Gasteiger partial charge in [0.25, 0.3) is 0 Å². The fourth-order valence-electron chi connectivity index (χ4n) is 2.21. The van der Waals surface area contributed by atoms with Crippen molar-refractivity contribution in [1.82, 2.24) is 10.6 Å². The maximum Gasteiger partial charge on any atom is 0.408 e. The van der Waals surface area contributed by atoms with Crippen molar-refractivity contribution in [3.8, 4) is 0 Å². The van der Waals surface area contributed by atoms with Gasteiger partial charge in [0.05, 0.1) is 6.61 Å². The Morgan fingerprint density at radius 2 is 1.20 bits per heavy atom. The molecular weight excluding hydrogens is 396 g/mol. The highest BCUT2D eigenvalue weighted by Gasteiger charge is 2.32. The molecule has 10 nitrogen and oxygen atoms in total. The third-order valence-corrected chi connectivity index (χ3v) is 3.59. The second-order valence-corrected chi connectivity index (χ2v) is 9.44. The van der Waals surface area contributed by atoms with E-state index in [1.165, 1.54) is 6.92 Å². The van der Waals surface area contributed by atoms with Gasteiger partial charge in [0.1, 0.15) is 23.3 Å². The van der Waals surface area contributed by atoms with Crippen LogP contribution in [0.5, 0.6) is 0 Å². The molecule has 0 aromatic carbocycles. The SMILES string of the molecule is CC(COC(=O)[C@@H](NC(=O)OC(C)(C)C)C(C)C)C(NC(=O)OC(C)(C)C)C(=O)O. The zero-order chi connectivity index (χ0) is 23.9. The van der Waals surface area contributed by atoms with E-state index in [2.05, 4.69) is 10.6 Å². The van der Waals surface area contributed by atoms with Gasteiger partial charge in [0.2, 0.25) is 0 Å². The molecule has 0 saturated heterocycles. The summed E-state index contributed by atoms with van der Waals surface area (Å²) in [5.41, 5.74) is -1.52. The van der Waals surface area contributed by atoms with Crippen LogP contribution in [0, 0.1) is 11.8 Å². The molecule has 0 aliphatic rings. The number of carboxylic acid groups (broad SMARTS) is 1. The van der Waals surface area contributed by atoms with Gasteiger partial charge in [-0.3, -0.25) is 0 Å². The first kappa shape index (κ1) is 27.5. The lowest BCUT2D eigenvalue weighted by Gasteiger charge is -2.26. The van der Waals surface area contributed by atoms with Crippen LogP contribution >= 0.6 is 0 Å². The van der Waals surface area contributed by atoms with E-state index in [0.717, 1.165) is 0 Å². The van der Waals surface area contributed by atoms with Crippen LogP contribution in [0.3, 0.4) is 0 Å². The van der Waals surface area contributed by atoms with Crippen LogP contribution in [0.4, 0.5) is 9.59 Å². The van der Waals surface area contributed by atoms with Gasteiger partial charge >= 0.3 is 24.1 Å². The van der Waals surface area contributed by atoms with Gasteiger partial charge in [0, 0.05) is 5.92 Å². The van der Waals surface area contributed by atoms with Gasteiger partial charge in [0.15, 0.2) is 0 Å². The topological polar surface area (TPSA) is 140 Å². The van der Waals surface area contributed by atoms with Gasteiger partial charge in [-0.2, -0.15) is 0 Å². The second kappa shape index (κ2) is 11.0. The molecule has 2 unspecified atom stereocenters. The summed E-state index contributed by atoms with van der Waals surface area (Å²) in [6, 6.07) is -2.31. The number of esters is 1. The van der Waals surface area contributed by atoms with Crippen molar-refractivity contribution >= 4 is 24.1 Å². The summed E-state index contributed by atoms with van der Waals surface area (Å²) >= 11 is 0. The smallest absolute Gasteiger partial charge is 0.408 e.